The molecular weight excluding hydrogens is 370 g/mol. The number of nitrogens with one attached hydrogen (secondary N) is 1. The van der Waals surface area contributed by atoms with E-state index in [0.29, 0.717) is 36.5 Å². The van der Waals surface area contributed by atoms with Crippen molar-refractivity contribution in [3.05, 3.63) is 53.2 Å². The first-order valence-electron chi connectivity index (χ1n) is 9.65. The van der Waals surface area contributed by atoms with Crippen LogP contribution in [0.5, 0.6) is 0 Å². The van der Waals surface area contributed by atoms with Crippen LogP contribution in [-0.4, -0.2) is 49.9 Å². The number of carbonyl (C=O) groups is 1. The number of fused-ring (bicyclic) bond motifs is 1. The third-order valence-electron chi connectivity index (χ3n) is 5.11. The Bertz CT molecular complexity index is 1050. The van der Waals surface area contributed by atoms with Crippen LogP contribution in [-0.2, 0) is 5.60 Å². The number of benzene rings is 1. The molecule has 0 spiro atoms. The molecule has 1 aromatic carbocycles. The number of nitrogens with zero attached hydrogens (tertiary/aromatic N) is 4. The molecule has 152 valence electrons. The van der Waals surface area contributed by atoms with Gasteiger partial charge in [0.05, 0.1) is 17.4 Å². The van der Waals surface area contributed by atoms with Crippen molar-refractivity contribution in [1.29, 1.82) is 0 Å². The Balaban J connectivity index is 1.63. The molecule has 0 saturated carbocycles. The quantitative estimate of drug-likeness (QED) is 0.625. The fraction of sp³-hybridized carbons (Fsp3) is 0.381. The number of rotatable bonds is 4. The summed E-state index contributed by atoms with van der Waals surface area (Å²) in [6, 6.07) is 10.5. The van der Waals surface area contributed by atoms with Gasteiger partial charge in [-0.1, -0.05) is 12.1 Å². The van der Waals surface area contributed by atoms with Gasteiger partial charge in [0.2, 0.25) is 0 Å². The number of β-amino-alcohol motifs (C(OH)–C–C–N with tert-alkyl or cyclic N) is 1. The van der Waals surface area contributed by atoms with Gasteiger partial charge in [0.15, 0.2) is 5.65 Å². The van der Waals surface area contributed by atoms with Crippen LogP contribution in [0.25, 0.3) is 5.65 Å². The van der Waals surface area contributed by atoms with Crippen molar-refractivity contribution in [3.63, 3.8) is 0 Å². The third-order valence-corrected chi connectivity index (χ3v) is 5.11. The number of aliphatic hydroxyl groups is 2. The number of anilines is 2. The summed E-state index contributed by atoms with van der Waals surface area (Å²) in [5, 5.41) is 27.3. The number of hydrogen-bond donors (Lipinski definition) is 3. The van der Waals surface area contributed by atoms with Gasteiger partial charge >= 0.3 is 0 Å². The van der Waals surface area contributed by atoms with Gasteiger partial charge < -0.3 is 20.4 Å². The van der Waals surface area contributed by atoms with Crippen LogP contribution in [0.3, 0.4) is 0 Å². The van der Waals surface area contributed by atoms with Crippen LogP contribution >= 0.6 is 0 Å². The van der Waals surface area contributed by atoms with Gasteiger partial charge in [0.1, 0.15) is 11.6 Å². The maximum Gasteiger partial charge on any atom is 0.256 e. The van der Waals surface area contributed by atoms with Crippen LogP contribution in [0.15, 0.2) is 36.4 Å². The number of aryl methyl sites for hydroxylation is 1. The van der Waals surface area contributed by atoms with E-state index in [9.17, 15) is 15.0 Å². The lowest BCUT2D eigenvalue weighted by molar-refractivity contribution is 0.0785. The Kier molecular flexibility index (Phi) is 4.76. The molecule has 4 rings (SSSR count). The van der Waals surface area contributed by atoms with Gasteiger partial charge in [-0.25, -0.2) is 4.98 Å². The summed E-state index contributed by atoms with van der Waals surface area (Å²) in [7, 11) is 0. The monoisotopic (exact) mass is 395 g/mol. The Labute approximate surface area is 168 Å². The lowest BCUT2D eigenvalue weighted by Gasteiger charge is -2.20. The Morgan fingerprint density at radius 2 is 1.97 bits per heavy atom. The number of aliphatic hydroxyl groups excluding tert-OH is 1. The summed E-state index contributed by atoms with van der Waals surface area (Å²) in [5.41, 5.74) is 1.70. The molecule has 1 amide bonds. The summed E-state index contributed by atoms with van der Waals surface area (Å²) < 4.78 is 1.74. The molecular formula is C21H25N5O3. The van der Waals surface area contributed by atoms with Crippen LogP contribution in [0.1, 0.15) is 41.9 Å². The molecule has 3 aromatic rings. The lowest BCUT2D eigenvalue weighted by atomic mass is 9.97. The number of aromatic nitrogens is 3. The number of amides is 1. The zero-order chi connectivity index (χ0) is 20.8. The van der Waals surface area contributed by atoms with E-state index in [-0.39, 0.29) is 12.0 Å². The highest BCUT2D eigenvalue weighted by Crippen LogP contribution is 2.25. The fourth-order valence-electron chi connectivity index (χ4n) is 3.53. The summed E-state index contributed by atoms with van der Waals surface area (Å²) in [5.74, 6) is 0.922. The van der Waals surface area contributed by atoms with Gasteiger partial charge in [-0.2, -0.15) is 9.61 Å². The van der Waals surface area contributed by atoms with E-state index in [1.807, 2.05) is 17.9 Å². The molecule has 0 bridgehead atoms. The second kappa shape index (κ2) is 7.13. The Morgan fingerprint density at radius 1 is 1.24 bits per heavy atom. The molecule has 0 radical (unpaired) electrons. The zero-order valence-electron chi connectivity index (χ0n) is 16.8. The normalized spacial score (nSPS) is 17.1. The molecule has 8 heteroatoms. The highest BCUT2D eigenvalue weighted by atomic mass is 16.3. The predicted octanol–water partition coefficient (Wildman–Crippen LogP) is 2.09. The molecule has 1 saturated heterocycles. The zero-order valence-corrected chi connectivity index (χ0v) is 16.8. The molecule has 3 N–H and O–H groups in total. The molecule has 1 unspecified atom stereocenters. The van der Waals surface area contributed by atoms with Crippen molar-refractivity contribution in [2.45, 2.75) is 38.9 Å². The van der Waals surface area contributed by atoms with Gasteiger partial charge in [-0.05, 0) is 44.9 Å². The van der Waals surface area contributed by atoms with Crippen molar-refractivity contribution >= 4 is 23.2 Å². The molecule has 29 heavy (non-hydrogen) atoms. The van der Waals surface area contributed by atoms with E-state index in [4.69, 9.17) is 0 Å². The number of hydrogen-bond acceptors (Lipinski definition) is 6. The Hall–Kier alpha value is -2.97. The number of carbonyl (C=O) groups excluding carboxylic acids is 1. The minimum atomic E-state index is -0.962. The first-order chi connectivity index (χ1) is 13.7. The second-order valence-corrected chi connectivity index (χ2v) is 8.03. The van der Waals surface area contributed by atoms with Gasteiger partial charge in [-0.15, -0.1) is 0 Å². The van der Waals surface area contributed by atoms with E-state index in [2.05, 4.69) is 15.4 Å². The van der Waals surface area contributed by atoms with Crippen molar-refractivity contribution < 1.29 is 15.0 Å². The molecule has 1 aliphatic rings. The third kappa shape index (κ3) is 3.94. The average molecular weight is 395 g/mol. The summed E-state index contributed by atoms with van der Waals surface area (Å²) in [6.07, 6.45) is 0.321. The van der Waals surface area contributed by atoms with E-state index in [1.165, 1.54) is 0 Å². The van der Waals surface area contributed by atoms with E-state index in [1.54, 1.807) is 48.7 Å². The first kappa shape index (κ1) is 19.4. The molecule has 1 fully saturated rings. The smallest absolute Gasteiger partial charge is 0.256 e. The van der Waals surface area contributed by atoms with Gasteiger partial charge in [0, 0.05) is 30.8 Å². The summed E-state index contributed by atoms with van der Waals surface area (Å²) >= 11 is 0. The standard InChI is InChI=1S/C21H25N5O3/c1-13-10-18-22-17(11-19(26(18)24-13)25-9-8-16(27)12-25)23-20(28)14-4-6-15(7-5-14)21(2,3)29/h4-7,10-11,16,27,29H,8-9,12H2,1-3H3,(H,22,23,28). The lowest BCUT2D eigenvalue weighted by Crippen LogP contribution is -2.24. The molecule has 1 aliphatic heterocycles. The first-order valence-corrected chi connectivity index (χ1v) is 9.65. The van der Waals surface area contributed by atoms with Crippen LogP contribution in [0.4, 0.5) is 11.6 Å². The van der Waals surface area contributed by atoms with E-state index >= 15 is 0 Å². The molecule has 8 nitrogen and oxygen atoms in total. The van der Waals surface area contributed by atoms with Crippen molar-refractivity contribution in [1.82, 2.24) is 14.6 Å². The molecule has 3 heterocycles. The van der Waals surface area contributed by atoms with Crippen molar-refractivity contribution in [2.24, 2.45) is 0 Å². The van der Waals surface area contributed by atoms with Crippen LogP contribution in [0.2, 0.25) is 0 Å². The molecule has 2 aromatic heterocycles. The van der Waals surface area contributed by atoms with Gasteiger partial charge in [0.25, 0.3) is 5.91 Å². The highest BCUT2D eigenvalue weighted by Gasteiger charge is 2.24. The summed E-state index contributed by atoms with van der Waals surface area (Å²) in [4.78, 5) is 19.3. The minimum absolute atomic E-state index is 0.284. The van der Waals surface area contributed by atoms with Gasteiger partial charge in [-0.3, -0.25) is 4.79 Å². The van der Waals surface area contributed by atoms with Crippen LogP contribution in [0, 0.1) is 6.92 Å². The van der Waals surface area contributed by atoms with Crippen LogP contribution < -0.4 is 10.2 Å². The van der Waals surface area contributed by atoms with Crippen molar-refractivity contribution in [2.75, 3.05) is 23.3 Å². The highest BCUT2D eigenvalue weighted by molar-refractivity contribution is 6.04. The second-order valence-electron chi connectivity index (χ2n) is 8.03. The van der Waals surface area contributed by atoms with Crippen molar-refractivity contribution in [3.8, 4) is 0 Å². The maximum absolute atomic E-state index is 12.7. The predicted molar refractivity (Wildman–Crippen MR) is 110 cm³/mol. The summed E-state index contributed by atoms with van der Waals surface area (Å²) in [6.45, 7) is 6.52. The molecule has 1 atom stereocenters. The maximum atomic E-state index is 12.7. The molecule has 0 aliphatic carbocycles. The topological polar surface area (TPSA) is 103 Å². The average Bonchev–Trinajstić information content (AvgIpc) is 3.25. The fourth-order valence-corrected chi connectivity index (χ4v) is 3.53. The van der Waals surface area contributed by atoms with E-state index in [0.717, 1.165) is 17.1 Å². The largest absolute Gasteiger partial charge is 0.391 e. The Morgan fingerprint density at radius 3 is 2.59 bits per heavy atom. The van der Waals surface area contributed by atoms with E-state index < -0.39 is 5.60 Å². The minimum Gasteiger partial charge on any atom is -0.391 e. The SMILES string of the molecule is Cc1cc2nc(NC(=O)c3ccc(C(C)(C)O)cc3)cc(N3CCC(O)C3)n2n1.